The molecule has 27 heavy (non-hydrogen) atoms. The average molecular weight is 374 g/mol. The first kappa shape index (κ1) is 21.8. The van der Waals surface area contributed by atoms with Gasteiger partial charge in [0.2, 0.25) is 0 Å². The van der Waals surface area contributed by atoms with E-state index in [2.05, 4.69) is 17.9 Å². The highest BCUT2D eigenvalue weighted by atomic mass is 19.1. The molecule has 0 aromatic heterocycles. The molecule has 2 aromatic carbocycles. The molecule has 0 unspecified atom stereocenters. The van der Waals surface area contributed by atoms with Gasteiger partial charge >= 0.3 is 5.97 Å². The van der Waals surface area contributed by atoms with Crippen molar-refractivity contribution < 1.29 is 27.8 Å². The Morgan fingerprint density at radius 3 is 1.78 bits per heavy atom. The van der Waals surface area contributed by atoms with Crippen LogP contribution < -0.4 is 9.47 Å². The molecular weight excluding hydrogens is 354 g/mol. The largest absolute Gasteiger partial charge is 0.429 e. The van der Waals surface area contributed by atoms with Crippen molar-refractivity contribution >= 4 is 12.4 Å². The van der Waals surface area contributed by atoms with Crippen molar-refractivity contribution in [3.8, 4) is 22.6 Å². The molecule has 0 aliphatic carbocycles. The molecule has 0 radical (unpaired) electrons. The van der Waals surface area contributed by atoms with Crippen LogP contribution in [0, 0.1) is 11.6 Å². The topological polar surface area (TPSA) is 52.6 Å². The second-order valence-electron chi connectivity index (χ2n) is 5.87. The van der Waals surface area contributed by atoms with Crippen LogP contribution in [0.2, 0.25) is 0 Å². The van der Waals surface area contributed by atoms with E-state index in [9.17, 15) is 18.4 Å². The van der Waals surface area contributed by atoms with E-state index in [1.54, 1.807) is 0 Å². The lowest BCUT2D eigenvalue weighted by Gasteiger charge is -2.09. The molecule has 0 saturated carbocycles. The summed E-state index contributed by atoms with van der Waals surface area (Å²) < 4.78 is 37.6. The summed E-state index contributed by atoms with van der Waals surface area (Å²) in [6.07, 6.45) is 0. The summed E-state index contributed by atoms with van der Waals surface area (Å²) in [6, 6.07) is 7.20. The Labute approximate surface area is 156 Å². The minimum Gasteiger partial charge on any atom is -0.429 e. The van der Waals surface area contributed by atoms with Gasteiger partial charge in [-0.2, -0.15) is 0 Å². The number of esters is 1. The summed E-state index contributed by atoms with van der Waals surface area (Å²) in [7, 11) is 0. The summed E-state index contributed by atoms with van der Waals surface area (Å²) >= 11 is 0. The van der Waals surface area contributed by atoms with Crippen molar-refractivity contribution in [2.24, 2.45) is 0 Å². The van der Waals surface area contributed by atoms with Crippen LogP contribution in [-0.2, 0) is 9.59 Å². The number of carbonyl (C=O) groups excluding carboxylic acids is 2. The maximum absolute atomic E-state index is 14.1. The lowest BCUT2D eigenvalue weighted by atomic mass is 10.0. The molecule has 0 heterocycles. The number of hydrogen-bond donors (Lipinski definition) is 0. The number of rotatable bonds is 5. The Bertz CT molecular complexity index is 868. The van der Waals surface area contributed by atoms with E-state index < -0.39 is 17.6 Å². The molecule has 0 N–H and O–H groups in total. The smallest absolute Gasteiger partial charge is 0.338 e. The molecule has 2 rings (SSSR count). The zero-order valence-corrected chi connectivity index (χ0v) is 15.3. The van der Waals surface area contributed by atoms with Gasteiger partial charge < -0.3 is 9.47 Å². The zero-order valence-electron chi connectivity index (χ0n) is 15.3. The second kappa shape index (κ2) is 10.0. The van der Waals surface area contributed by atoms with Crippen LogP contribution in [0.4, 0.5) is 8.78 Å². The highest BCUT2D eigenvalue weighted by Crippen LogP contribution is 2.30. The lowest BCUT2D eigenvalue weighted by molar-refractivity contribution is -0.130. The second-order valence-corrected chi connectivity index (χ2v) is 5.87. The standard InChI is InChI=1S/C17H12F2O4.C4H8/c1-10(2)17(21)23-12-4-6-14(16(19)8-12)13-5-3-11(22-9-20)7-15(13)18;1-4(2)3/h3-9H,1H2,2H3;1H2,2-3H3. The van der Waals surface area contributed by atoms with E-state index in [0.29, 0.717) is 0 Å². The summed E-state index contributed by atoms with van der Waals surface area (Å²) in [5, 5.41) is 0. The van der Waals surface area contributed by atoms with E-state index >= 15 is 0 Å². The quantitative estimate of drug-likeness (QED) is 0.236. The van der Waals surface area contributed by atoms with Crippen molar-refractivity contribution in [1.29, 1.82) is 0 Å². The summed E-state index contributed by atoms with van der Waals surface area (Å²) in [4.78, 5) is 21.6. The summed E-state index contributed by atoms with van der Waals surface area (Å²) in [6.45, 7) is 12.5. The number of hydrogen-bond acceptors (Lipinski definition) is 4. The van der Waals surface area contributed by atoms with Gasteiger partial charge in [-0.25, -0.2) is 13.6 Å². The molecule has 0 spiro atoms. The number of carbonyl (C=O) groups is 2. The SMILES string of the molecule is C=C(C)C.C=C(C)C(=O)Oc1ccc(-c2ccc(OC=O)cc2F)c(F)c1. The highest BCUT2D eigenvalue weighted by molar-refractivity contribution is 5.88. The summed E-state index contributed by atoms with van der Waals surface area (Å²) in [5.41, 5.74) is 1.31. The van der Waals surface area contributed by atoms with E-state index in [1.165, 1.54) is 36.8 Å². The first-order chi connectivity index (χ1) is 12.6. The number of halogens is 2. The van der Waals surface area contributed by atoms with Crippen LogP contribution in [0.1, 0.15) is 20.8 Å². The molecule has 6 heteroatoms. The minimum atomic E-state index is -0.764. The summed E-state index contributed by atoms with van der Waals surface area (Å²) in [5.74, 6) is -2.21. The molecule has 0 bridgehead atoms. The number of benzene rings is 2. The van der Waals surface area contributed by atoms with E-state index in [4.69, 9.17) is 4.74 Å². The van der Waals surface area contributed by atoms with Gasteiger partial charge in [-0.05, 0) is 45.0 Å². The zero-order chi connectivity index (χ0) is 20.6. The molecule has 2 aromatic rings. The molecule has 0 atom stereocenters. The number of ether oxygens (including phenoxy) is 2. The van der Waals surface area contributed by atoms with Crippen molar-refractivity contribution in [3.63, 3.8) is 0 Å². The Morgan fingerprint density at radius 2 is 1.37 bits per heavy atom. The van der Waals surface area contributed by atoms with Gasteiger partial charge in [-0.3, -0.25) is 4.79 Å². The minimum absolute atomic E-state index is 0.00802. The average Bonchev–Trinajstić information content (AvgIpc) is 2.55. The predicted octanol–water partition coefficient (Wildman–Crippen LogP) is 5.23. The molecule has 0 saturated heterocycles. The molecule has 142 valence electrons. The van der Waals surface area contributed by atoms with E-state index in [1.807, 2.05) is 13.8 Å². The molecule has 0 amide bonds. The first-order valence-corrected chi connectivity index (χ1v) is 7.85. The Hall–Kier alpha value is -3.28. The highest BCUT2D eigenvalue weighted by Gasteiger charge is 2.14. The van der Waals surface area contributed by atoms with Crippen molar-refractivity contribution in [2.75, 3.05) is 0 Å². The van der Waals surface area contributed by atoms with Crippen molar-refractivity contribution in [2.45, 2.75) is 20.8 Å². The van der Waals surface area contributed by atoms with E-state index in [0.717, 1.165) is 12.1 Å². The molecule has 0 fully saturated rings. The predicted molar refractivity (Wildman–Crippen MR) is 99.4 cm³/mol. The monoisotopic (exact) mass is 374 g/mol. The third kappa shape index (κ3) is 6.86. The number of allylic oxidation sites excluding steroid dienone is 1. The maximum atomic E-state index is 14.1. The third-order valence-electron chi connectivity index (χ3n) is 2.91. The molecule has 4 nitrogen and oxygen atoms in total. The Morgan fingerprint density at radius 1 is 0.926 bits per heavy atom. The molecular formula is C21H20F2O4. The van der Waals surface area contributed by atoms with Crippen LogP contribution in [0.15, 0.2) is 60.7 Å². The van der Waals surface area contributed by atoms with Crippen LogP contribution in [-0.4, -0.2) is 12.4 Å². The van der Waals surface area contributed by atoms with E-state index in [-0.39, 0.29) is 34.7 Å². The fraction of sp³-hybridized carbons (Fsp3) is 0.143. The fourth-order valence-electron chi connectivity index (χ4n) is 1.82. The van der Waals surface area contributed by atoms with Gasteiger partial charge in [0.25, 0.3) is 6.47 Å². The van der Waals surface area contributed by atoms with Crippen LogP contribution in [0.25, 0.3) is 11.1 Å². The van der Waals surface area contributed by atoms with Gasteiger partial charge in [0.05, 0.1) is 0 Å². The van der Waals surface area contributed by atoms with Gasteiger partial charge in [-0.15, -0.1) is 6.58 Å². The fourth-order valence-corrected chi connectivity index (χ4v) is 1.82. The maximum Gasteiger partial charge on any atom is 0.338 e. The van der Waals surface area contributed by atoms with Gasteiger partial charge in [0.1, 0.15) is 23.1 Å². The van der Waals surface area contributed by atoms with Gasteiger partial charge in [0, 0.05) is 28.8 Å². The van der Waals surface area contributed by atoms with Crippen LogP contribution in [0.3, 0.4) is 0 Å². The first-order valence-electron chi connectivity index (χ1n) is 7.85. The van der Waals surface area contributed by atoms with Crippen molar-refractivity contribution in [3.05, 3.63) is 72.3 Å². The Kier molecular flexibility index (Phi) is 8.07. The third-order valence-corrected chi connectivity index (χ3v) is 2.91. The Balaban J connectivity index is 0.000000828. The van der Waals surface area contributed by atoms with Crippen molar-refractivity contribution in [1.82, 2.24) is 0 Å². The van der Waals surface area contributed by atoms with Crippen LogP contribution >= 0.6 is 0 Å². The van der Waals surface area contributed by atoms with Crippen LogP contribution in [0.5, 0.6) is 11.5 Å². The molecule has 0 aliphatic heterocycles. The lowest BCUT2D eigenvalue weighted by Crippen LogP contribution is -2.08. The van der Waals surface area contributed by atoms with Gasteiger partial charge in [-0.1, -0.05) is 12.2 Å². The van der Waals surface area contributed by atoms with Gasteiger partial charge in [0.15, 0.2) is 0 Å². The normalized spacial score (nSPS) is 9.52. The molecule has 0 aliphatic rings.